The van der Waals surface area contributed by atoms with E-state index in [1.54, 1.807) is 40.7 Å². The van der Waals surface area contributed by atoms with Gasteiger partial charge in [0.05, 0.1) is 4.90 Å². The van der Waals surface area contributed by atoms with Crippen molar-refractivity contribution >= 4 is 10.0 Å². The van der Waals surface area contributed by atoms with E-state index in [4.69, 9.17) is 0 Å². The van der Waals surface area contributed by atoms with Crippen LogP contribution < -0.4 is 0 Å². The third-order valence-corrected chi connectivity index (χ3v) is 7.10. The molecule has 2 aromatic rings. The summed E-state index contributed by atoms with van der Waals surface area (Å²) in [5.41, 5.74) is 1.26. The molecule has 2 saturated heterocycles. The van der Waals surface area contributed by atoms with Crippen LogP contribution in [0.25, 0.3) is 0 Å². The zero-order valence-corrected chi connectivity index (χ0v) is 14.8. The fraction of sp³-hybridized carbons (Fsp3) is 0.368. The molecule has 0 bridgehead atoms. The molecule has 2 aliphatic rings. The standard InChI is InChI=1S/C19H22N2O3S/c22-17-8-6-16(7-9-17)12-20-13-19(14-20)10-11-21(15-19)25(23,24)18-4-2-1-3-5-18/h1-9,22H,10-15H2. The Morgan fingerprint density at radius 2 is 1.64 bits per heavy atom. The molecule has 2 aromatic carbocycles. The Morgan fingerprint density at radius 1 is 0.960 bits per heavy atom. The number of likely N-dealkylation sites (tertiary alicyclic amines) is 1. The van der Waals surface area contributed by atoms with Crippen molar-refractivity contribution in [1.29, 1.82) is 0 Å². The lowest BCUT2D eigenvalue weighted by Crippen LogP contribution is -2.57. The van der Waals surface area contributed by atoms with Gasteiger partial charge in [-0.15, -0.1) is 0 Å². The Hall–Kier alpha value is -1.89. The van der Waals surface area contributed by atoms with Gasteiger partial charge in [0.25, 0.3) is 0 Å². The van der Waals surface area contributed by atoms with Crippen molar-refractivity contribution < 1.29 is 13.5 Å². The van der Waals surface area contributed by atoms with E-state index in [1.807, 2.05) is 18.2 Å². The van der Waals surface area contributed by atoms with E-state index in [9.17, 15) is 13.5 Å². The summed E-state index contributed by atoms with van der Waals surface area (Å²) >= 11 is 0. The summed E-state index contributed by atoms with van der Waals surface area (Å²) in [5, 5.41) is 9.35. The quantitative estimate of drug-likeness (QED) is 0.911. The van der Waals surface area contributed by atoms with Crippen LogP contribution in [0.1, 0.15) is 12.0 Å². The van der Waals surface area contributed by atoms with Gasteiger partial charge in [0, 0.05) is 38.1 Å². The molecule has 132 valence electrons. The SMILES string of the molecule is O=S(=O)(c1ccccc1)N1CCC2(CN(Cc3ccc(O)cc3)C2)C1. The first-order valence-corrected chi connectivity index (χ1v) is 9.96. The average Bonchev–Trinajstić information content (AvgIpc) is 3.04. The number of hydrogen-bond acceptors (Lipinski definition) is 4. The molecule has 5 nitrogen and oxygen atoms in total. The third kappa shape index (κ3) is 3.17. The highest BCUT2D eigenvalue weighted by Crippen LogP contribution is 2.41. The largest absolute Gasteiger partial charge is 0.508 e. The molecule has 2 heterocycles. The summed E-state index contributed by atoms with van der Waals surface area (Å²) in [7, 11) is -3.38. The van der Waals surface area contributed by atoms with Crippen molar-refractivity contribution in [2.45, 2.75) is 17.9 Å². The molecule has 2 fully saturated rings. The van der Waals surface area contributed by atoms with Gasteiger partial charge in [-0.1, -0.05) is 30.3 Å². The minimum absolute atomic E-state index is 0.0960. The predicted octanol–water partition coefficient (Wildman–Crippen LogP) is 2.29. The second kappa shape index (κ2) is 6.12. The summed E-state index contributed by atoms with van der Waals surface area (Å²) in [6, 6.07) is 16.0. The summed E-state index contributed by atoms with van der Waals surface area (Å²) in [6.07, 6.45) is 0.922. The van der Waals surface area contributed by atoms with Crippen LogP contribution in [0.5, 0.6) is 5.75 Å². The summed E-state index contributed by atoms with van der Waals surface area (Å²) in [5.74, 6) is 0.279. The first-order chi connectivity index (χ1) is 12.0. The van der Waals surface area contributed by atoms with E-state index in [0.29, 0.717) is 18.0 Å². The first kappa shape index (κ1) is 16.6. The van der Waals surface area contributed by atoms with Gasteiger partial charge in [0.2, 0.25) is 10.0 Å². The van der Waals surface area contributed by atoms with Crippen LogP contribution in [0.4, 0.5) is 0 Å². The van der Waals surface area contributed by atoms with E-state index >= 15 is 0 Å². The molecule has 0 amide bonds. The molecule has 0 atom stereocenters. The molecule has 2 aliphatic heterocycles. The van der Waals surface area contributed by atoms with Crippen molar-refractivity contribution in [1.82, 2.24) is 9.21 Å². The van der Waals surface area contributed by atoms with Crippen molar-refractivity contribution in [3.63, 3.8) is 0 Å². The lowest BCUT2D eigenvalue weighted by atomic mass is 9.79. The highest BCUT2D eigenvalue weighted by atomic mass is 32.2. The number of aromatic hydroxyl groups is 1. The van der Waals surface area contributed by atoms with Gasteiger partial charge in [0.1, 0.15) is 5.75 Å². The molecule has 0 aromatic heterocycles. The van der Waals surface area contributed by atoms with Gasteiger partial charge < -0.3 is 5.11 Å². The van der Waals surface area contributed by atoms with Gasteiger partial charge in [-0.3, -0.25) is 4.90 Å². The van der Waals surface area contributed by atoms with Gasteiger partial charge in [-0.2, -0.15) is 4.31 Å². The number of phenolic OH excluding ortho intramolecular Hbond substituents is 1. The fourth-order valence-corrected chi connectivity index (χ4v) is 5.55. The first-order valence-electron chi connectivity index (χ1n) is 8.52. The van der Waals surface area contributed by atoms with Crippen molar-refractivity contribution in [3.05, 3.63) is 60.2 Å². The van der Waals surface area contributed by atoms with Crippen molar-refractivity contribution in [3.8, 4) is 5.75 Å². The van der Waals surface area contributed by atoms with Gasteiger partial charge in [-0.25, -0.2) is 8.42 Å². The maximum absolute atomic E-state index is 12.8. The van der Waals surface area contributed by atoms with Crippen LogP contribution in [0.2, 0.25) is 0 Å². The van der Waals surface area contributed by atoms with Crippen molar-refractivity contribution in [2.75, 3.05) is 26.2 Å². The molecule has 1 spiro atoms. The van der Waals surface area contributed by atoms with Crippen LogP contribution in [0.3, 0.4) is 0 Å². The van der Waals surface area contributed by atoms with Gasteiger partial charge in [0.15, 0.2) is 0 Å². The molecule has 4 rings (SSSR count). The number of rotatable bonds is 4. The number of hydrogen-bond donors (Lipinski definition) is 1. The van der Waals surface area contributed by atoms with E-state index in [2.05, 4.69) is 4.90 Å². The number of sulfonamides is 1. The average molecular weight is 358 g/mol. The van der Waals surface area contributed by atoms with Gasteiger partial charge in [-0.05, 0) is 36.2 Å². The lowest BCUT2D eigenvalue weighted by Gasteiger charge is -2.48. The molecule has 0 saturated carbocycles. The summed E-state index contributed by atoms with van der Waals surface area (Å²) in [6.45, 7) is 3.90. The van der Waals surface area contributed by atoms with Crippen LogP contribution >= 0.6 is 0 Å². The summed E-state index contributed by atoms with van der Waals surface area (Å²) < 4.78 is 27.1. The number of benzene rings is 2. The number of nitrogens with zero attached hydrogens (tertiary/aromatic N) is 2. The second-order valence-corrected chi connectivity index (χ2v) is 9.15. The Morgan fingerprint density at radius 3 is 2.32 bits per heavy atom. The molecule has 0 radical (unpaired) electrons. The zero-order chi connectivity index (χ0) is 17.5. The Balaban J connectivity index is 1.38. The minimum atomic E-state index is -3.38. The molecular formula is C19H22N2O3S. The maximum atomic E-state index is 12.8. The molecular weight excluding hydrogens is 336 g/mol. The van der Waals surface area contributed by atoms with Crippen LogP contribution in [0, 0.1) is 5.41 Å². The Labute approximate surface area is 148 Å². The van der Waals surface area contributed by atoms with E-state index in [-0.39, 0.29) is 11.2 Å². The Kier molecular flexibility index (Phi) is 4.06. The summed E-state index contributed by atoms with van der Waals surface area (Å²) in [4.78, 5) is 2.72. The highest BCUT2D eigenvalue weighted by molar-refractivity contribution is 7.89. The Bertz CT molecular complexity index is 844. The smallest absolute Gasteiger partial charge is 0.243 e. The predicted molar refractivity (Wildman–Crippen MR) is 95.6 cm³/mol. The van der Waals surface area contributed by atoms with Gasteiger partial charge >= 0.3 is 0 Å². The fourth-order valence-electron chi connectivity index (χ4n) is 3.97. The van der Waals surface area contributed by atoms with Crippen LogP contribution in [-0.4, -0.2) is 48.9 Å². The number of phenols is 1. The minimum Gasteiger partial charge on any atom is -0.508 e. The maximum Gasteiger partial charge on any atom is 0.243 e. The van der Waals surface area contributed by atoms with Crippen molar-refractivity contribution in [2.24, 2.45) is 5.41 Å². The lowest BCUT2D eigenvalue weighted by molar-refractivity contribution is 0.00650. The topological polar surface area (TPSA) is 60.9 Å². The monoisotopic (exact) mass is 358 g/mol. The van der Waals surface area contributed by atoms with E-state index in [0.717, 1.165) is 26.1 Å². The molecule has 0 aliphatic carbocycles. The molecule has 25 heavy (non-hydrogen) atoms. The third-order valence-electron chi connectivity index (χ3n) is 5.24. The van der Waals surface area contributed by atoms with Crippen LogP contribution in [0.15, 0.2) is 59.5 Å². The second-order valence-electron chi connectivity index (χ2n) is 7.21. The molecule has 6 heteroatoms. The zero-order valence-electron chi connectivity index (χ0n) is 14.0. The normalized spacial score (nSPS) is 20.6. The molecule has 0 unspecified atom stereocenters. The van der Waals surface area contributed by atoms with Crippen LogP contribution in [-0.2, 0) is 16.6 Å². The van der Waals surface area contributed by atoms with E-state index in [1.165, 1.54) is 5.56 Å². The van der Waals surface area contributed by atoms with E-state index < -0.39 is 10.0 Å². The highest BCUT2D eigenvalue weighted by Gasteiger charge is 2.50. The molecule has 1 N–H and O–H groups in total.